The van der Waals surface area contributed by atoms with Crippen molar-refractivity contribution < 1.29 is 4.79 Å². The van der Waals surface area contributed by atoms with Crippen LogP contribution in [0.3, 0.4) is 0 Å². The van der Waals surface area contributed by atoms with Crippen LogP contribution in [0.1, 0.15) is 13.3 Å². The third-order valence-corrected chi connectivity index (χ3v) is 0.743. The third kappa shape index (κ3) is 6.95. The van der Waals surface area contributed by atoms with Crippen molar-refractivity contribution in [3.63, 3.8) is 0 Å². The molecule has 0 aromatic rings. The molecule has 0 heterocycles. The first-order valence-corrected chi connectivity index (χ1v) is 2.90. The SMILES string of the molecule is CCC=CC=CC(N)=O. The van der Waals surface area contributed by atoms with Gasteiger partial charge >= 0.3 is 0 Å². The van der Waals surface area contributed by atoms with Crippen molar-refractivity contribution in [2.45, 2.75) is 13.3 Å². The lowest BCUT2D eigenvalue weighted by molar-refractivity contribution is -0.113. The summed E-state index contributed by atoms with van der Waals surface area (Å²) in [4.78, 5) is 10.1. The van der Waals surface area contributed by atoms with Gasteiger partial charge in [-0.1, -0.05) is 25.2 Å². The Balaban J connectivity index is 3.47. The van der Waals surface area contributed by atoms with Crippen LogP contribution in [0.5, 0.6) is 0 Å². The van der Waals surface area contributed by atoms with Crippen LogP contribution in [-0.4, -0.2) is 5.91 Å². The predicted molar refractivity (Wildman–Crippen MR) is 37.8 cm³/mol. The molecule has 0 radical (unpaired) electrons. The van der Waals surface area contributed by atoms with Crippen LogP contribution in [0.15, 0.2) is 24.3 Å². The minimum atomic E-state index is -0.407. The highest BCUT2D eigenvalue weighted by Gasteiger charge is 1.75. The summed E-state index contributed by atoms with van der Waals surface area (Å²) in [5, 5.41) is 0. The van der Waals surface area contributed by atoms with Crippen LogP contribution < -0.4 is 5.73 Å². The minimum Gasteiger partial charge on any atom is -0.366 e. The fourth-order valence-electron chi connectivity index (χ4n) is 0.365. The van der Waals surface area contributed by atoms with Crippen molar-refractivity contribution in [3.8, 4) is 0 Å². The Morgan fingerprint density at radius 2 is 2.22 bits per heavy atom. The fraction of sp³-hybridized carbons (Fsp3) is 0.286. The average Bonchev–Trinajstić information content (AvgIpc) is 1.80. The molecule has 0 atom stereocenters. The molecule has 0 saturated carbocycles. The van der Waals surface area contributed by atoms with E-state index in [0.717, 1.165) is 6.42 Å². The van der Waals surface area contributed by atoms with Gasteiger partial charge in [0.25, 0.3) is 0 Å². The minimum absolute atomic E-state index is 0.407. The fourth-order valence-corrected chi connectivity index (χ4v) is 0.365. The van der Waals surface area contributed by atoms with E-state index in [9.17, 15) is 4.79 Å². The zero-order valence-corrected chi connectivity index (χ0v) is 5.50. The van der Waals surface area contributed by atoms with Crippen molar-refractivity contribution in [1.29, 1.82) is 0 Å². The Labute approximate surface area is 55.1 Å². The number of carbonyl (C=O) groups excluding carboxylic acids is 1. The molecule has 0 aliphatic heterocycles. The Kier molecular flexibility index (Phi) is 4.50. The second kappa shape index (κ2) is 5.09. The summed E-state index contributed by atoms with van der Waals surface area (Å²) in [6.07, 6.45) is 7.67. The largest absolute Gasteiger partial charge is 0.366 e. The maximum atomic E-state index is 10.1. The van der Waals surface area contributed by atoms with E-state index >= 15 is 0 Å². The molecular formula is C7H11NO. The normalized spacial score (nSPS) is 11.2. The molecule has 0 unspecified atom stereocenters. The zero-order chi connectivity index (χ0) is 7.11. The van der Waals surface area contributed by atoms with Gasteiger partial charge in [0.05, 0.1) is 0 Å². The van der Waals surface area contributed by atoms with E-state index in [4.69, 9.17) is 5.73 Å². The van der Waals surface area contributed by atoms with E-state index in [1.54, 1.807) is 12.2 Å². The van der Waals surface area contributed by atoms with Gasteiger partial charge in [-0.25, -0.2) is 0 Å². The van der Waals surface area contributed by atoms with E-state index in [2.05, 4.69) is 0 Å². The van der Waals surface area contributed by atoms with Crippen LogP contribution in [0.25, 0.3) is 0 Å². The lowest BCUT2D eigenvalue weighted by Crippen LogP contribution is -2.04. The van der Waals surface area contributed by atoms with Gasteiger partial charge < -0.3 is 5.73 Å². The first-order chi connectivity index (χ1) is 4.27. The summed E-state index contributed by atoms with van der Waals surface area (Å²) < 4.78 is 0. The molecule has 2 heteroatoms. The Hall–Kier alpha value is -1.05. The van der Waals surface area contributed by atoms with Gasteiger partial charge in [0, 0.05) is 6.08 Å². The number of primary amides is 1. The van der Waals surface area contributed by atoms with Crippen molar-refractivity contribution >= 4 is 5.91 Å². The topological polar surface area (TPSA) is 43.1 Å². The summed E-state index contributed by atoms with van der Waals surface area (Å²) >= 11 is 0. The lowest BCUT2D eigenvalue weighted by atomic mass is 10.4. The first kappa shape index (κ1) is 7.95. The highest BCUT2D eigenvalue weighted by molar-refractivity contribution is 5.85. The van der Waals surface area contributed by atoms with Crippen molar-refractivity contribution in [1.82, 2.24) is 0 Å². The maximum Gasteiger partial charge on any atom is 0.241 e. The number of carbonyl (C=O) groups is 1. The molecule has 0 bridgehead atoms. The molecular weight excluding hydrogens is 114 g/mol. The smallest absolute Gasteiger partial charge is 0.241 e. The molecule has 50 valence electrons. The Morgan fingerprint density at radius 3 is 2.67 bits per heavy atom. The van der Waals surface area contributed by atoms with Crippen LogP contribution >= 0.6 is 0 Å². The van der Waals surface area contributed by atoms with Crippen molar-refractivity contribution in [2.24, 2.45) is 5.73 Å². The number of hydrogen-bond donors (Lipinski definition) is 1. The van der Waals surface area contributed by atoms with E-state index in [1.807, 2.05) is 13.0 Å². The molecule has 0 aliphatic rings. The first-order valence-electron chi connectivity index (χ1n) is 2.90. The number of rotatable bonds is 3. The molecule has 0 aromatic heterocycles. The summed E-state index contributed by atoms with van der Waals surface area (Å²) in [5.41, 5.74) is 4.82. The summed E-state index contributed by atoms with van der Waals surface area (Å²) in [6, 6.07) is 0. The van der Waals surface area contributed by atoms with Gasteiger partial charge in [0.15, 0.2) is 0 Å². The van der Waals surface area contributed by atoms with Crippen molar-refractivity contribution in [2.75, 3.05) is 0 Å². The van der Waals surface area contributed by atoms with Gasteiger partial charge in [0.2, 0.25) is 5.91 Å². The summed E-state index contributed by atoms with van der Waals surface area (Å²) in [5.74, 6) is -0.407. The molecule has 2 nitrogen and oxygen atoms in total. The van der Waals surface area contributed by atoms with E-state index in [1.165, 1.54) is 6.08 Å². The van der Waals surface area contributed by atoms with E-state index < -0.39 is 5.91 Å². The molecule has 2 N–H and O–H groups in total. The standard InChI is InChI=1S/C7H11NO/c1-2-3-4-5-6-7(8)9/h3-6H,2H2,1H3,(H2,8,9). The molecule has 0 fully saturated rings. The Morgan fingerprint density at radius 1 is 1.56 bits per heavy atom. The van der Waals surface area contributed by atoms with Crippen LogP contribution in [0.4, 0.5) is 0 Å². The third-order valence-electron chi connectivity index (χ3n) is 0.743. The monoisotopic (exact) mass is 125 g/mol. The van der Waals surface area contributed by atoms with Gasteiger partial charge in [-0.05, 0) is 6.42 Å². The van der Waals surface area contributed by atoms with Crippen molar-refractivity contribution in [3.05, 3.63) is 24.3 Å². The second-order valence-electron chi connectivity index (χ2n) is 1.60. The predicted octanol–water partition coefficient (Wildman–Crippen LogP) is 0.994. The van der Waals surface area contributed by atoms with Gasteiger partial charge in [-0.2, -0.15) is 0 Å². The van der Waals surface area contributed by atoms with Gasteiger partial charge in [0.1, 0.15) is 0 Å². The summed E-state index contributed by atoms with van der Waals surface area (Å²) in [6.45, 7) is 2.02. The lowest BCUT2D eigenvalue weighted by Gasteiger charge is -1.75. The highest BCUT2D eigenvalue weighted by atomic mass is 16.1. The van der Waals surface area contributed by atoms with E-state index in [-0.39, 0.29) is 0 Å². The molecule has 9 heavy (non-hydrogen) atoms. The molecule has 0 rings (SSSR count). The zero-order valence-electron chi connectivity index (χ0n) is 5.50. The summed E-state index contributed by atoms with van der Waals surface area (Å²) in [7, 11) is 0. The van der Waals surface area contributed by atoms with Crippen LogP contribution in [0, 0.1) is 0 Å². The molecule has 0 aromatic carbocycles. The highest BCUT2D eigenvalue weighted by Crippen LogP contribution is 1.80. The van der Waals surface area contributed by atoms with Gasteiger partial charge in [-0.15, -0.1) is 0 Å². The number of hydrogen-bond acceptors (Lipinski definition) is 1. The molecule has 0 saturated heterocycles. The number of amides is 1. The van der Waals surface area contributed by atoms with Crippen LogP contribution in [0.2, 0.25) is 0 Å². The molecule has 0 spiro atoms. The number of allylic oxidation sites excluding steroid dienone is 3. The Bertz CT molecular complexity index is 136. The van der Waals surface area contributed by atoms with E-state index in [0.29, 0.717) is 0 Å². The van der Waals surface area contributed by atoms with Gasteiger partial charge in [-0.3, -0.25) is 4.79 Å². The second-order valence-corrected chi connectivity index (χ2v) is 1.60. The maximum absolute atomic E-state index is 10.1. The molecule has 1 amide bonds. The number of nitrogens with two attached hydrogens (primary N) is 1. The molecule has 0 aliphatic carbocycles. The average molecular weight is 125 g/mol. The van der Waals surface area contributed by atoms with Crippen LogP contribution in [-0.2, 0) is 4.79 Å². The quantitative estimate of drug-likeness (QED) is 0.443.